The molecule has 0 spiro atoms. The van der Waals surface area contributed by atoms with E-state index < -0.39 is 22.2 Å². The molecule has 1 heterocycles. The largest absolute Gasteiger partial charge is 0.366 e. The highest BCUT2D eigenvalue weighted by Crippen LogP contribution is 2.31. The second-order valence-corrected chi connectivity index (χ2v) is 4.35. The van der Waals surface area contributed by atoms with E-state index in [1.54, 1.807) is 4.90 Å². The molecule has 1 unspecified atom stereocenters. The zero-order valence-electron chi connectivity index (χ0n) is 9.60. The van der Waals surface area contributed by atoms with Crippen molar-refractivity contribution >= 4 is 11.4 Å². The van der Waals surface area contributed by atoms with Gasteiger partial charge in [0.15, 0.2) is 11.6 Å². The molecule has 1 atom stereocenters. The van der Waals surface area contributed by atoms with Gasteiger partial charge in [-0.2, -0.15) is 0 Å². The SMILES string of the molecule is NCC1CCN(c2c(F)cc([N+](=O)[O-])cc2F)C1. The minimum atomic E-state index is -0.903. The van der Waals surface area contributed by atoms with Gasteiger partial charge in [0.25, 0.3) is 5.69 Å². The number of halogens is 2. The van der Waals surface area contributed by atoms with Gasteiger partial charge >= 0.3 is 0 Å². The number of nitrogens with zero attached hydrogens (tertiary/aromatic N) is 2. The van der Waals surface area contributed by atoms with Crippen molar-refractivity contribution in [2.24, 2.45) is 11.7 Å². The van der Waals surface area contributed by atoms with Crippen LogP contribution in [-0.4, -0.2) is 24.6 Å². The molecule has 1 aromatic rings. The summed E-state index contributed by atoms with van der Waals surface area (Å²) in [6, 6.07) is 1.49. The molecule has 2 N–H and O–H groups in total. The maximum absolute atomic E-state index is 13.7. The van der Waals surface area contributed by atoms with Gasteiger partial charge in [-0.05, 0) is 18.9 Å². The number of hydrogen-bond acceptors (Lipinski definition) is 4. The Morgan fingerprint density at radius 2 is 2.06 bits per heavy atom. The topological polar surface area (TPSA) is 72.4 Å². The molecule has 0 bridgehead atoms. The molecule has 1 aliphatic heterocycles. The highest BCUT2D eigenvalue weighted by Gasteiger charge is 2.27. The molecule has 0 aromatic heterocycles. The van der Waals surface area contributed by atoms with Crippen molar-refractivity contribution in [2.45, 2.75) is 6.42 Å². The fraction of sp³-hybridized carbons (Fsp3) is 0.455. The van der Waals surface area contributed by atoms with Gasteiger partial charge in [0.2, 0.25) is 0 Å². The fourth-order valence-corrected chi connectivity index (χ4v) is 2.19. The Hall–Kier alpha value is -1.76. The lowest BCUT2D eigenvalue weighted by atomic mass is 10.1. The maximum atomic E-state index is 13.7. The van der Waals surface area contributed by atoms with Crippen LogP contribution in [-0.2, 0) is 0 Å². The lowest BCUT2D eigenvalue weighted by Gasteiger charge is -2.19. The number of rotatable bonds is 3. The lowest BCUT2D eigenvalue weighted by Crippen LogP contribution is -2.24. The first-order chi connectivity index (χ1) is 8.52. The van der Waals surface area contributed by atoms with Crippen LogP contribution in [0.3, 0.4) is 0 Å². The van der Waals surface area contributed by atoms with E-state index in [0.29, 0.717) is 19.6 Å². The van der Waals surface area contributed by atoms with Gasteiger partial charge < -0.3 is 10.6 Å². The number of nitrogens with two attached hydrogens (primary N) is 1. The third-order valence-corrected chi connectivity index (χ3v) is 3.15. The van der Waals surface area contributed by atoms with Crippen LogP contribution < -0.4 is 10.6 Å². The second kappa shape index (κ2) is 4.85. The Labute approximate surface area is 102 Å². The van der Waals surface area contributed by atoms with Gasteiger partial charge in [0, 0.05) is 13.1 Å². The van der Waals surface area contributed by atoms with E-state index in [4.69, 9.17) is 5.73 Å². The van der Waals surface area contributed by atoms with Gasteiger partial charge in [-0.1, -0.05) is 0 Å². The molecule has 0 amide bonds. The molecule has 0 aliphatic carbocycles. The van der Waals surface area contributed by atoms with Gasteiger partial charge in [-0.25, -0.2) is 8.78 Å². The van der Waals surface area contributed by atoms with Crippen LogP contribution in [0.1, 0.15) is 6.42 Å². The first-order valence-corrected chi connectivity index (χ1v) is 5.61. The van der Waals surface area contributed by atoms with E-state index in [9.17, 15) is 18.9 Å². The van der Waals surface area contributed by atoms with Crippen LogP contribution in [0, 0.1) is 27.7 Å². The monoisotopic (exact) mass is 257 g/mol. The molecule has 1 fully saturated rings. The number of benzene rings is 1. The second-order valence-electron chi connectivity index (χ2n) is 4.35. The zero-order valence-corrected chi connectivity index (χ0v) is 9.60. The zero-order chi connectivity index (χ0) is 13.3. The first kappa shape index (κ1) is 12.7. The number of non-ortho nitro benzene ring substituents is 1. The summed E-state index contributed by atoms with van der Waals surface area (Å²) in [5, 5.41) is 10.5. The summed E-state index contributed by atoms with van der Waals surface area (Å²) in [7, 11) is 0. The Morgan fingerprint density at radius 1 is 1.44 bits per heavy atom. The van der Waals surface area contributed by atoms with E-state index >= 15 is 0 Å². The molecule has 5 nitrogen and oxygen atoms in total. The van der Waals surface area contributed by atoms with Crippen LogP contribution in [0.5, 0.6) is 0 Å². The Bertz CT molecular complexity index is 458. The highest BCUT2D eigenvalue weighted by molar-refractivity contribution is 5.54. The first-order valence-electron chi connectivity index (χ1n) is 5.61. The maximum Gasteiger partial charge on any atom is 0.275 e. The number of nitro benzene ring substituents is 1. The molecule has 18 heavy (non-hydrogen) atoms. The number of nitro groups is 1. The van der Waals surface area contributed by atoms with E-state index in [0.717, 1.165) is 18.6 Å². The summed E-state index contributed by atoms with van der Waals surface area (Å²) in [5.74, 6) is -1.60. The molecule has 1 saturated heterocycles. The fourth-order valence-electron chi connectivity index (χ4n) is 2.19. The highest BCUT2D eigenvalue weighted by atomic mass is 19.1. The molecule has 0 radical (unpaired) electrons. The summed E-state index contributed by atoms with van der Waals surface area (Å²) in [6.45, 7) is 1.45. The van der Waals surface area contributed by atoms with E-state index in [1.165, 1.54) is 0 Å². The minimum absolute atomic E-state index is 0.198. The predicted octanol–water partition coefficient (Wildman–Crippen LogP) is 1.66. The van der Waals surface area contributed by atoms with E-state index in [-0.39, 0.29) is 11.6 Å². The van der Waals surface area contributed by atoms with Gasteiger partial charge in [-0.15, -0.1) is 0 Å². The van der Waals surface area contributed by atoms with Crippen molar-refractivity contribution in [3.05, 3.63) is 33.9 Å². The Kier molecular flexibility index (Phi) is 3.42. The summed E-state index contributed by atoms with van der Waals surface area (Å²) in [6.07, 6.45) is 0.770. The van der Waals surface area contributed by atoms with E-state index in [1.807, 2.05) is 0 Å². The van der Waals surface area contributed by atoms with Crippen LogP contribution in [0.25, 0.3) is 0 Å². The average Bonchev–Trinajstić information content (AvgIpc) is 2.76. The summed E-state index contributed by atoms with van der Waals surface area (Å²) >= 11 is 0. The van der Waals surface area contributed by atoms with Crippen LogP contribution in [0.15, 0.2) is 12.1 Å². The minimum Gasteiger partial charge on any atom is -0.366 e. The van der Waals surface area contributed by atoms with Crippen LogP contribution >= 0.6 is 0 Å². The van der Waals surface area contributed by atoms with Crippen molar-refractivity contribution in [1.82, 2.24) is 0 Å². The van der Waals surface area contributed by atoms with Gasteiger partial charge in [-0.3, -0.25) is 10.1 Å². The Morgan fingerprint density at radius 3 is 2.50 bits per heavy atom. The normalized spacial score (nSPS) is 19.3. The quantitative estimate of drug-likeness (QED) is 0.660. The molecule has 7 heteroatoms. The van der Waals surface area contributed by atoms with Crippen molar-refractivity contribution in [2.75, 3.05) is 24.5 Å². The molecule has 98 valence electrons. The molecule has 0 saturated carbocycles. The van der Waals surface area contributed by atoms with Crippen molar-refractivity contribution in [3.63, 3.8) is 0 Å². The van der Waals surface area contributed by atoms with Crippen LogP contribution in [0.4, 0.5) is 20.2 Å². The third-order valence-electron chi connectivity index (χ3n) is 3.15. The number of hydrogen-bond donors (Lipinski definition) is 1. The summed E-state index contributed by atoms with van der Waals surface area (Å²) in [5.41, 5.74) is 4.73. The van der Waals surface area contributed by atoms with Gasteiger partial charge in [0.05, 0.1) is 17.1 Å². The van der Waals surface area contributed by atoms with Crippen LogP contribution in [0.2, 0.25) is 0 Å². The van der Waals surface area contributed by atoms with Crippen molar-refractivity contribution in [1.29, 1.82) is 0 Å². The third kappa shape index (κ3) is 2.26. The Balaban J connectivity index is 2.32. The van der Waals surface area contributed by atoms with E-state index in [2.05, 4.69) is 0 Å². The summed E-state index contributed by atoms with van der Waals surface area (Å²) in [4.78, 5) is 11.2. The average molecular weight is 257 g/mol. The molecular weight excluding hydrogens is 244 g/mol. The standard InChI is InChI=1S/C11H13F2N3O2/c12-9-3-8(16(17)18)4-10(13)11(9)15-2-1-7(5-14)6-15/h3-4,7H,1-2,5-6,14H2. The van der Waals surface area contributed by atoms with Gasteiger partial charge in [0.1, 0.15) is 5.69 Å². The molecule has 1 aliphatic rings. The lowest BCUT2D eigenvalue weighted by molar-refractivity contribution is -0.385. The molecular formula is C11H13F2N3O2. The number of anilines is 1. The molecule has 1 aromatic carbocycles. The summed E-state index contributed by atoms with van der Waals surface area (Å²) < 4.78 is 27.5. The van der Waals surface area contributed by atoms with Crippen molar-refractivity contribution < 1.29 is 13.7 Å². The smallest absolute Gasteiger partial charge is 0.275 e. The predicted molar refractivity (Wildman–Crippen MR) is 62.4 cm³/mol. The van der Waals surface area contributed by atoms with Crippen molar-refractivity contribution in [3.8, 4) is 0 Å². The molecule has 2 rings (SSSR count).